The first-order chi connectivity index (χ1) is 13.7. The number of fused-ring (bicyclic) bond motifs is 1. The van der Waals surface area contributed by atoms with Crippen molar-refractivity contribution in [1.29, 1.82) is 0 Å². The van der Waals surface area contributed by atoms with Gasteiger partial charge in [0, 0.05) is 15.5 Å². The van der Waals surface area contributed by atoms with Crippen LogP contribution in [-0.2, 0) is 0 Å². The van der Waals surface area contributed by atoms with Crippen LogP contribution in [0.3, 0.4) is 0 Å². The molecule has 4 nitrogen and oxygen atoms in total. The lowest BCUT2D eigenvalue weighted by Gasteiger charge is -2.04. The molecule has 138 valence electrons. The minimum atomic E-state index is -0.268. The van der Waals surface area contributed by atoms with Crippen molar-refractivity contribution in [2.24, 2.45) is 5.10 Å². The van der Waals surface area contributed by atoms with Gasteiger partial charge in [-0.15, -0.1) is 0 Å². The summed E-state index contributed by atoms with van der Waals surface area (Å²) in [5.74, 6) is 0.282. The first-order valence-corrected chi connectivity index (χ1v) is 9.73. The van der Waals surface area contributed by atoms with E-state index in [1.165, 1.54) is 18.0 Å². The minimum Gasteiger partial charge on any atom is -0.448 e. The summed E-state index contributed by atoms with van der Waals surface area (Å²) in [5, 5.41) is 7.33. The summed E-state index contributed by atoms with van der Waals surface area (Å²) < 4.78 is 5.70. The molecule has 0 radical (unpaired) electrons. The number of carbonyl (C=O) groups is 1. The smallest absolute Gasteiger partial charge is 0.271 e. The van der Waals surface area contributed by atoms with Gasteiger partial charge in [0.05, 0.1) is 6.21 Å². The van der Waals surface area contributed by atoms with Gasteiger partial charge < -0.3 is 4.42 Å². The molecule has 0 saturated heterocycles. The van der Waals surface area contributed by atoms with Gasteiger partial charge in [-0.3, -0.25) is 4.79 Å². The van der Waals surface area contributed by atoms with Gasteiger partial charge in [0.25, 0.3) is 5.91 Å². The molecule has 0 aliphatic rings. The summed E-state index contributed by atoms with van der Waals surface area (Å²) in [6.45, 7) is 0. The fourth-order valence-electron chi connectivity index (χ4n) is 2.72. The lowest BCUT2D eigenvalue weighted by Crippen LogP contribution is -2.17. The average Bonchev–Trinajstić information content (AvgIpc) is 3.16. The van der Waals surface area contributed by atoms with Gasteiger partial charge in [-0.1, -0.05) is 59.8 Å². The molecule has 0 aliphatic carbocycles. The van der Waals surface area contributed by atoms with Crippen molar-refractivity contribution < 1.29 is 9.21 Å². The number of hydrogen-bond donors (Lipinski definition) is 1. The molecule has 1 aromatic heterocycles. The Labute approximate surface area is 171 Å². The number of benzene rings is 3. The normalized spacial score (nSPS) is 11.2. The van der Waals surface area contributed by atoms with Gasteiger partial charge in [0.2, 0.25) is 0 Å². The third-order valence-corrected chi connectivity index (χ3v) is 5.21. The Kier molecular flexibility index (Phi) is 5.46. The Morgan fingerprint density at radius 1 is 0.964 bits per heavy atom. The first-order valence-electron chi connectivity index (χ1n) is 8.53. The topological polar surface area (TPSA) is 54.6 Å². The molecular weight excluding hydrogens is 392 g/mol. The van der Waals surface area contributed by atoms with Crippen LogP contribution in [0.25, 0.3) is 10.8 Å². The number of halogens is 1. The van der Waals surface area contributed by atoms with Gasteiger partial charge in [0.1, 0.15) is 5.76 Å². The number of nitrogens with one attached hydrogen (secondary N) is 1. The molecule has 0 atom stereocenters. The Morgan fingerprint density at radius 2 is 1.75 bits per heavy atom. The van der Waals surface area contributed by atoms with E-state index in [1.54, 1.807) is 12.1 Å². The molecule has 4 rings (SSSR count). The number of furan rings is 1. The Bertz CT molecular complexity index is 1150. The standard InChI is InChI=1S/C22H15ClN2O2S/c23-16-8-11-18(12-9-16)28-21-13-10-17(27-21)14-24-25-22(26)20-7-3-5-15-4-1-2-6-19(15)20/h1-14H,(H,25,26). The fourth-order valence-corrected chi connectivity index (χ4v) is 3.62. The van der Waals surface area contributed by atoms with Gasteiger partial charge in [-0.05, 0) is 53.2 Å². The van der Waals surface area contributed by atoms with E-state index in [9.17, 15) is 4.79 Å². The zero-order valence-electron chi connectivity index (χ0n) is 14.6. The third-order valence-electron chi connectivity index (χ3n) is 4.03. The summed E-state index contributed by atoms with van der Waals surface area (Å²) in [6, 6.07) is 24.5. The molecule has 28 heavy (non-hydrogen) atoms. The van der Waals surface area contributed by atoms with Crippen LogP contribution in [0, 0.1) is 0 Å². The lowest BCUT2D eigenvalue weighted by atomic mass is 10.0. The van der Waals surface area contributed by atoms with Crippen LogP contribution >= 0.6 is 23.4 Å². The quantitative estimate of drug-likeness (QED) is 0.326. The molecule has 1 heterocycles. The summed E-state index contributed by atoms with van der Waals surface area (Å²) in [4.78, 5) is 13.5. The average molecular weight is 407 g/mol. The highest BCUT2D eigenvalue weighted by molar-refractivity contribution is 7.99. The highest BCUT2D eigenvalue weighted by atomic mass is 35.5. The SMILES string of the molecule is O=C(NN=Cc1ccc(Sc2ccc(Cl)cc2)o1)c1cccc2ccccc12. The number of rotatable bonds is 5. The van der Waals surface area contributed by atoms with Crippen LogP contribution in [0.4, 0.5) is 0 Å². The maximum absolute atomic E-state index is 12.5. The van der Waals surface area contributed by atoms with Gasteiger partial charge in [-0.2, -0.15) is 5.10 Å². The second-order valence-electron chi connectivity index (χ2n) is 5.94. The lowest BCUT2D eigenvalue weighted by molar-refractivity contribution is 0.0957. The summed E-state index contributed by atoms with van der Waals surface area (Å²) >= 11 is 7.37. The van der Waals surface area contributed by atoms with E-state index in [0.29, 0.717) is 16.3 Å². The van der Waals surface area contributed by atoms with E-state index in [-0.39, 0.29) is 5.91 Å². The highest BCUT2D eigenvalue weighted by Crippen LogP contribution is 2.29. The summed E-state index contributed by atoms with van der Waals surface area (Å²) in [7, 11) is 0. The van der Waals surface area contributed by atoms with Crippen LogP contribution < -0.4 is 5.43 Å². The number of hydrazone groups is 1. The Morgan fingerprint density at radius 3 is 2.61 bits per heavy atom. The molecule has 0 fully saturated rings. The monoisotopic (exact) mass is 406 g/mol. The van der Waals surface area contributed by atoms with E-state index in [0.717, 1.165) is 20.8 Å². The van der Waals surface area contributed by atoms with Crippen molar-refractivity contribution in [3.05, 3.63) is 95.2 Å². The van der Waals surface area contributed by atoms with E-state index < -0.39 is 0 Å². The van der Waals surface area contributed by atoms with Crippen LogP contribution in [-0.4, -0.2) is 12.1 Å². The molecule has 0 unspecified atom stereocenters. The van der Waals surface area contributed by atoms with E-state index in [4.69, 9.17) is 16.0 Å². The van der Waals surface area contributed by atoms with E-state index in [2.05, 4.69) is 10.5 Å². The van der Waals surface area contributed by atoms with Gasteiger partial charge in [-0.25, -0.2) is 5.43 Å². The van der Waals surface area contributed by atoms with Crippen molar-refractivity contribution in [3.63, 3.8) is 0 Å². The maximum Gasteiger partial charge on any atom is 0.271 e. The van der Waals surface area contributed by atoms with E-state index >= 15 is 0 Å². The molecule has 0 spiro atoms. The third kappa shape index (κ3) is 4.27. The highest BCUT2D eigenvalue weighted by Gasteiger charge is 2.08. The fraction of sp³-hybridized carbons (Fsp3) is 0. The predicted molar refractivity (Wildman–Crippen MR) is 113 cm³/mol. The zero-order chi connectivity index (χ0) is 19.3. The molecule has 3 aromatic carbocycles. The predicted octanol–water partition coefficient (Wildman–Crippen LogP) is 6.00. The number of amides is 1. The van der Waals surface area contributed by atoms with Crippen molar-refractivity contribution in [2.45, 2.75) is 9.99 Å². The number of hydrogen-bond acceptors (Lipinski definition) is 4. The van der Waals surface area contributed by atoms with Crippen LogP contribution in [0.5, 0.6) is 0 Å². The van der Waals surface area contributed by atoms with Crippen molar-refractivity contribution in [3.8, 4) is 0 Å². The van der Waals surface area contributed by atoms with Gasteiger partial charge >= 0.3 is 0 Å². The first kappa shape index (κ1) is 18.3. The second kappa shape index (κ2) is 8.33. The van der Waals surface area contributed by atoms with Crippen LogP contribution in [0.2, 0.25) is 5.02 Å². The summed E-state index contributed by atoms with van der Waals surface area (Å²) in [5.41, 5.74) is 3.13. The Hall–Kier alpha value is -3.02. The molecule has 0 bridgehead atoms. The molecule has 1 amide bonds. The zero-order valence-corrected chi connectivity index (χ0v) is 16.2. The minimum absolute atomic E-state index is 0.268. The summed E-state index contributed by atoms with van der Waals surface area (Å²) in [6.07, 6.45) is 1.48. The molecule has 6 heteroatoms. The molecule has 4 aromatic rings. The number of carbonyl (C=O) groups excluding carboxylic acids is 1. The van der Waals surface area contributed by atoms with Crippen LogP contribution in [0.15, 0.2) is 98.4 Å². The van der Waals surface area contributed by atoms with Crippen LogP contribution in [0.1, 0.15) is 16.1 Å². The Balaban J connectivity index is 1.41. The molecule has 0 saturated carbocycles. The van der Waals surface area contributed by atoms with Gasteiger partial charge in [0.15, 0.2) is 5.09 Å². The van der Waals surface area contributed by atoms with Crippen molar-refractivity contribution in [2.75, 3.05) is 0 Å². The second-order valence-corrected chi connectivity index (χ2v) is 7.45. The molecular formula is C22H15ClN2O2S. The maximum atomic E-state index is 12.5. The largest absolute Gasteiger partial charge is 0.448 e. The number of nitrogens with zero attached hydrogens (tertiary/aromatic N) is 1. The van der Waals surface area contributed by atoms with Crippen molar-refractivity contribution in [1.82, 2.24) is 5.43 Å². The molecule has 0 aliphatic heterocycles. The molecule has 1 N–H and O–H groups in total. The van der Waals surface area contributed by atoms with E-state index in [1.807, 2.05) is 66.7 Å². The van der Waals surface area contributed by atoms with Crippen molar-refractivity contribution >= 4 is 46.3 Å².